The van der Waals surface area contributed by atoms with Crippen LogP contribution in [0, 0.1) is 18.7 Å². The molecule has 1 N–H and O–H groups in total. The first kappa shape index (κ1) is 13.8. The van der Waals surface area contributed by atoms with Gasteiger partial charge in [0.15, 0.2) is 0 Å². The maximum absolute atomic E-state index is 13.0. The second-order valence-electron chi connectivity index (χ2n) is 4.06. The number of aryl methyl sites for hydroxylation is 1. The van der Waals surface area contributed by atoms with E-state index in [9.17, 15) is 13.4 Å². The Bertz CT molecular complexity index is 445. The number of carbonyl (C=O) groups is 1. The fourth-order valence-electron chi connectivity index (χ4n) is 1.38. The summed E-state index contributed by atoms with van der Waals surface area (Å²) in [6.07, 6.45) is 0. The molecule has 2 atom stereocenters. The highest BCUT2D eigenvalue weighted by Crippen LogP contribution is 2.13. The molecule has 1 aromatic rings. The Kier molecular flexibility index (Phi) is 4.81. The Morgan fingerprint density at radius 2 is 2.18 bits per heavy atom. The molecule has 0 saturated heterocycles. The third kappa shape index (κ3) is 4.26. The number of halogens is 1. The van der Waals surface area contributed by atoms with Crippen LogP contribution in [-0.2, 0) is 21.3 Å². The van der Waals surface area contributed by atoms with Crippen LogP contribution in [0.25, 0.3) is 0 Å². The van der Waals surface area contributed by atoms with Crippen LogP contribution in [-0.4, -0.2) is 21.0 Å². The van der Waals surface area contributed by atoms with Crippen molar-refractivity contribution in [3.63, 3.8) is 0 Å². The number of aliphatic carboxylic acids is 1. The van der Waals surface area contributed by atoms with Crippen LogP contribution in [0.1, 0.15) is 18.1 Å². The largest absolute Gasteiger partial charge is 0.481 e. The zero-order chi connectivity index (χ0) is 13.0. The molecule has 0 heterocycles. The van der Waals surface area contributed by atoms with E-state index in [1.807, 2.05) is 6.92 Å². The third-order valence-electron chi connectivity index (χ3n) is 2.49. The second kappa shape index (κ2) is 5.91. The first-order chi connectivity index (χ1) is 7.90. The minimum Gasteiger partial charge on any atom is -0.481 e. The Morgan fingerprint density at radius 3 is 2.76 bits per heavy atom. The standard InChI is InChI=1S/C12H15FO3S/c1-8-3-4-11(13)5-10(8)7-17(16)6-9(2)12(14)15/h3-5,9H,6-7H2,1-2H3,(H,14,15). The molecule has 0 amide bonds. The lowest BCUT2D eigenvalue weighted by molar-refractivity contribution is -0.140. The van der Waals surface area contributed by atoms with Crippen LogP contribution < -0.4 is 0 Å². The zero-order valence-electron chi connectivity index (χ0n) is 9.77. The van der Waals surface area contributed by atoms with Gasteiger partial charge in [-0.3, -0.25) is 9.00 Å². The third-order valence-corrected chi connectivity index (χ3v) is 3.99. The van der Waals surface area contributed by atoms with Gasteiger partial charge >= 0.3 is 5.97 Å². The van der Waals surface area contributed by atoms with E-state index < -0.39 is 22.7 Å². The fourth-order valence-corrected chi connectivity index (χ4v) is 2.85. The van der Waals surface area contributed by atoms with E-state index in [1.54, 1.807) is 6.07 Å². The van der Waals surface area contributed by atoms with Gasteiger partial charge in [-0.2, -0.15) is 0 Å². The predicted molar refractivity (Wildman–Crippen MR) is 64.7 cm³/mol. The van der Waals surface area contributed by atoms with Crippen molar-refractivity contribution in [2.45, 2.75) is 19.6 Å². The van der Waals surface area contributed by atoms with Crippen molar-refractivity contribution in [2.75, 3.05) is 5.75 Å². The van der Waals surface area contributed by atoms with Gasteiger partial charge < -0.3 is 5.11 Å². The number of carboxylic acid groups (broad SMARTS) is 1. The molecule has 0 aliphatic rings. The van der Waals surface area contributed by atoms with Crippen molar-refractivity contribution in [2.24, 2.45) is 5.92 Å². The lowest BCUT2D eigenvalue weighted by atomic mass is 10.1. The SMILES string of the molecule is Cc1ccc(F)cc1CS(=O)CC(C)C(=O)O. The monoisotopic (exact) mass is 258 g/mol. The molecule has 0 aromatic heterocycles. The minimum absolute atomic E-state index is 0.0886. The average molecular weight is 258 g/mol. The van der Waals surface area contributed by atoms with E-state index in [0.717, 1.165) is 5.56 Å². The van der Waals surface area contributed by atoms with Gasteiger partial charge in [0, 0.05) is 22.3 Å². The Morgan fingerprint density at radius 1 is 1.53 bits per heavy atom. The van der Waals surface area contributed by atoms with E-state index >= 15 is 0 Å². The van der Waals surface area contributed by atoms with Crippen LogP contribution in [0.3, 0.4) is 0 Å². The molecular weight excluding hydrogens is 243 g/mol. The quantitative estimate of drug-likeness (QED) is 0.880. The topological polar surface area (TPSA) is 54.4 Å². The first-order valence-corrected chi connectivity index (χ1v) is 6.71. The number of hydrogen-bond donors (Lipinski definition) is 1. The number of benzene rings is 1. The van der Waals surface area contributed by atoms with Crippen LogP contribution in [0.15, 0.2) is 18.2 Å². The molecule has 17 heavy (non-hydrogen) atoms. The summed E-state index contributed by atoms with van der Waals surface area (Å²) in [5.74, 6) is -1.69. The molecule has 0 aliphatic heterocycles. The van der Waals surface area contributed by atoms with Crippen LogP contribution in [0.5, 0.6) is 0 Å². The van der Waals surface area contributed by atoms with E-state index in [-0.39, 0.29) is 17.3 Å². The van der Waals surface area contributed by atoms with Crippen molar-refractivity contribution >= 4 is 16.8 Å². The molecule has 0 bridgehead atoms. The van der Waals surface area contributed by atoms with E-state index in [2.05, 4.69) is 0 Å². The van der Waals surface area contributed by atoms with E-state index in [4.69, 9.17) is 5.11 Å². The molecule has 0 saturated carbocycles. The summed E-state index contributed by atoms with van der Waals surface area (Å²) in [5.41, 5.74) is 1.53. The molecule has 0 radical (unpaired) electrons. The molecule has 0 fully saturated rings. The molecule has 3 nitrogen and oxygen atoms in total. The predicted octanol–water partition coefficient (Wildman–Crippen LogP) is 2.10. The summed E-state index contributed by atoms with van der Waals surface area (Å²) in [4.78, 5) is 10.6. The molecule has 0 spiro atoms. The highest BCUT2D eigenvalue weighted by atomic mass is 32.2. The molecule has 5 heteroatoms. The van der Waals surface area contributed by atoms with Crippen molar-refractivity contribution in [3.8, 4) is 0 Å². The lowest BCUT2D eigenvalue weighted by Gasteiger charge is -2.08. The Labute approximate surface area is 102 Å². The summed E-state index contributed by atoms with van der Waals surface area (Å²) in [5, 5.41) is 8.70. The van der Waals surface area contributed by atoms with Gasteiger partial charge in [0.25, 0.3) is 0 Å². The number of carboxylic acids is 1. The van der Waals surface area contributed by atoms with Gasteiger partial charge in [-0.25, -0.2) is 4.39 Å². The lowest BCUT2D eigenvalue weighted by Crippen LogP contribution is -2.18. The van der Waals surface area contributed by atoms with Gasteiger partial charge in [-0.05, 0) is 30.2 Å². The van der Waals surface area contributed by atoms with Gasteiger partial charge in [0.05, 0.1) is 5.92 Å². The second-order valence-corrected chi connectivity index (χ2v) is 5.56. The maximum Gasteiger partial charge on any atom is 0.307 e. The fraction of sp³-hybridized carbons (Fsp3) is 0.417. The number of rotatable bonds is 5. The molecule has 1 aromatic carbocycles. The van der Waals surface area contributed by atoms with Crippen molar-refractivity contribution in [3.05, 3.63) is 35.1 Å². The van der Waals surface area contributed by atoms with E-state index in [1.165, 1.54) is 19.1 Å². The van der Waals surface area contributed by atoms with E-state index in [0.29, 0.717) is 5.56 Å². The molecule has 0 aliphatic carbocycles. The van der Waals surface area contributed by atoms with Crippen LogP contribution in [0.4, 0.5) is 4.39 Å². The molecule has 2 unspecified atom stereocenters. The molecule has 1 rings (SSSR count). The van der Waals surface area contributed by atoms with Gasteiger partial charge in [0.2, 0.25) is 0 Å². The van der Waals surface area contributed by atoms with Crippen LogP contribution >= 0.6 is 0 Å². The number of hydrogen-bond acceptors (Lipinski definition) is 2. The average Bonchev–Trinajstić information content (AvgIpc) is 2.23. The Hall–Kier alpha value is -1.23. The van der Waals surface area contributed by atoms with Gasteiger partial charge in [0.1, 0.15) is 5.82 Å². The van der Waals surface area contributed by atoms with Crippen molar-refractivity contribution < 1.29 is 18.5 Å². The van der Waals surface area contributed by atoms with Crippen molar-refractivity contribution in [1.82, 2.24) is 0 Å². The van der Waals surface area contributed by atoms with Gasteiger partial charge in [-0.1, -0.05) is 13.0 Å². The summed E-state index contributed by atoms with van der Waals surface area (Å²) < 4.78 is 24.7. The maximum atomic E-state index is 13.0. The minimum atomic E-state index is -1.29. The summed E-state index contributed by atoms with van der Waals surface area (Å²) in [6.45, 7) is 3.32. The van der Waals surface area contributed by atoms with Gasteiger partial charge in [-0.15, -0.1) is 0 Å². The molecular formula is C12H15FO3S. The van der Waals surface area contributed by atoms with Crippen LogP contribution in [0.2, 0.25) is 0 Å². The van der Waals surface area contributed by atoms with Crippen molar-refractivity contribution in [1.29, 1.82) is 0 Å². The Balaban J connectivity index is 2.68. The normalized spacial score (nSPS) is 14.3. The summed E-state index contributed by atoms with van der Waals surface area (Å²) in [7, 11) is -1.29. The molecule has 94 valence electrons. The smallest absolute Gasteiger partial charge is 0.307 e. The summed E-state index contributed by atoms with van der Waals surface area (Å²) >= 11 is 0. The highest BCUT2D eigenvalue weighted by molar-refractivity contribution is 7.84. The zero-order valence-corrected chi connectivity index (χ0v) is 10.6. The first-order valence-electron chi connectivity index (χ1n) is 5.23. The summed E-state index contributed by atoms with van der Waals surface area (Å²) in [6, 6.07) is 4.32. The highest BCUT2D eigenvalue weighted by Gasteiger charge is 2.15.